The highest BCUT2D eigenvalue weighted by Crippen LogP contribution is 2.28. The maximum absolute atomic E-state index is 12.5. The summed E-state index contributed by atoms with van der Waals surface area (Å²) in [6.45, 7) is 5.13. The summed E-state index contributed by atoms with van der Waals surface area (Å²) < 4.78 is 11.0. The first-order valence-electron chi connectivity index (χ1n) is 9.29. The highest BCUT2D eigenvalue weighted by atomic mass is 16.5. The number of hydrogen-bond donors (Lipinski definition) is 0. The van der Waals surface area contributed by atoms with Gasteiger partial charge in [-0.25, -0.2) is 4.79 Å². The minimum atomic E-state index is -0.617. The van der Waals surface area contributed by atoms with Crippen molar-refractivity contribution in [3.63, 3.8) is 0 Å². The SMILES string of the molecule is CC1=C(C#N)C(=O)N(C)C(=O)/C1=C\c1ccc(-c2ccc(C(=O)OC(C)C)cc2)o1. The van der Waals surface area contributed by atoms with Crippen molar-refractivity contribution in [3.8, 4) is 17.4 Å². The number of nitrogens with zero attached hydrogens (tertiary/aromatic N) is 2. The highest BCUT2D eigenvalue weighted by molar-refractivity contribution is 6.19. The monoisotopic (exact) mass is 404 g/mol. The number of carbonyl (C=O) groups excluding carboxylic acids is 3. The average molecular weight is 404 g/mol. The fourth-order valence-electron chi connectivity index (χ4n) is 2.98. The van der Waals surface area contributed by atoms with Crippen molar-refractivity contribution in [2.75, 3.05) is 7.05 Å². The molecular formula is C23H20N2O5. The average Bonchev–Trinajstić information content (AvgIpc) is 3.18. The number of ether oxygens (including phenoxy) is 1. The number of benzene rings is 1. The molecule has 2 amide bonds. The van der Waals surface area contributed by atoms with E-state index in [1.807, 2.05) is 6.07 Å². The van der Waals surface area contributed by atoms with Gasteiger partial charge in [0.25, 0.3) is 11.8 Å². The van der Waals surface area contributed by atoms with E-state index in [0.29, 0.717) is 22.7 Å². The Kier molecular flexibility index (Phi) is 5.70. The first-order chi connectivity index (χ1) is 14.2. The molecule has 0 saturated heterocycles. The smallest absolute Gasteiger partial charge is 0.338 e. The minimum absolute atomic E-state index is 0.0704. The molecule has 7 heteroatoms. The van der Waals surface area contributed by atoms with Crippen LogP contribution in [0, 0.1) is 11.3 Å². The molecule has 7 nitrogen and oxygen atoms in total. The standard InChI is InChI=1S/C23H20N2O5/c1-13(2)29-23(28)16-7-5-15(6-8-16)20-10-9-17(30-20)11-18-14(3)19(12-24)22(27)25(4)21(18)26/h5-11,13H,1-4H3/b18-11-. The molecule has 1 aliphatic heterocycles. The maximum Gasteiger partial charge on any atom is 0.338 e. The number of imide groups is 1. The zero-order valence-electron chi connectivity index (χ0n) is 17.1. The zero-order valence-corrected chi connectivity index (χ0v) is 17.1. The lowest BCUT2D eigenvalue weighted by atomic mass is 9.95. The second kappa shape index (κ2) is 8.21. The van der Waals surface area contributed by atoms with Crippen LogP contribution in [0.5, 0.6) is 0 Å². The Labute approximate surface area is 173 Å². The van der Waals surface area contributed by atoms with E-state index in [1.165, 1.54) is 13.1 Å². The molecule has 3 rings (SSSR count). The molecule has 0 spiro atoms. The van der Waals surface area contributed by atoms with Gasteiger partial charge in [0.05, 0.1) is 11.7 Å². The van der Waals surface area contributed by atoms with E-state index in [4.69, 9.17) is 9.15 Å². The van der Waals surface area contributed by atoms with Crippen LogP contribution in [0.2, 0.25) is 0 Å². The number of furan rings is 1. The molecule has 0 bridgehead atoms. The van der Waals surface area contributed by atoms with Gasteiger partial charge < -0.3 is 9.15 Å². The first kappa shape index (κ1) is 20.8. The van der Waals surface area contributed by atoms with Crippen molar-refractivity contribution in [1.82, 2.24) is 4.90 Å². The third-order valence-electron chi connectivity index (χ3n) is 4.61. The second-order valence-electron chi connectivity index (χ2n) is 7.07. The Morgan fingerprint density at radius 1 is 1.13 bits per heavy atom. The van der Waals surface area contributed by atoms with Crippen LogP contribution in [0.15, 0.2) is 57.5 Å². The summed E-state index contributed by atoms with van der Waals surface area (Å²) in [4.78, 5) is 37.4. The second-order valence-corrected chi connectivity index (χ2v) is 7.07. The van der Waals surface area contributed by atoms with Crippen LogP contribution >= 0.6 is 0 Å². The number of likely N-dealkylation sites (N-methyl/N-ethyl adjacent to an activating group) is 1. The van der Waals surface area contributed by atoms with Gasteiger partial charge in [0.1, 0.15) is 23.2 Å². The molecule has 1 aromatic heterocycles. The van der Waals surface area contributed by atoms with Gasteiger partial charge >= 0.3 is 5.97 Å². The predicted octanol–water partition coefficient (Wildman–Crippen LogP) is 3.73. The number of carbonyl (C=O) groups is 3. The van der Waals surface area contributed by atoms with Crippen LogP contribution in [-0.2, 0) is 14.3 Å². The van der Waals surface area contributed by atoms with E-state index in [9.17, 15) is 19.6 Å². The van der Waals surface area contributed by atoms with E-state index in [2.05, 4.69) is 0 Å². The molecule has 0 radical (unpaired) electrons. The lowest BCUT2D eigenvalue weighted by Crippen LogP contribution is -2.39. The number of amides is 2. The topological polar surface area (TPSA) is 101 Å². The molecule has 2 aromatic rings. The molecule has 1 aromatic carbocycles. The number of nitriles is 1. The van der Waals surface area contributed by atoms with Crippen LogP contribution in [-0.4, -0.2) is 35.8 Å². The highest BCUT2D eigenvalue weighted by Gasteiger charge is 2.33. The predicted molar refractivity (Wildman–Crippen MR) is 109 cm³/mol. The molecule has 152 valence electrons. The van der Waals surface area contributed by atoms with Gasteiger partial charge in [-0.3, -0.25) is 14.5 Å². The molecule has 0 aliphatic carbocycles. The van der Waals surface area contributed by atoms with E-state index >= 15 is 0 Å². The van der Waals surface area contributed by atoms with E-state index < -0.39 is 17.8 Å². The first-order valence-corrected chi connectivity index (χ1v) is 9.29. The van der Waals surface area contributed by atoms with Crippen LogP contribution in [0.3, 0.4) is 0 Å². The van der Waals surface area contributed by atoms with Crippen LogP contribution in [0.25, 0.3) is 17.4 Å². The summed E-state index contributed by atoms with van der Waals surface area (Å²) in [5.41, 5.74) is 1.65. The van der Waals surface area contributed by atoms with Crippen LogP contribution in [0.1, 0.15) is 36.9 Å². The third kappa shape index (κ3) is 3.94. The van der Waals surface area contributed by atoms with Crippen molar-refractivity contribution in [2.24, 2.45) is 0 Å². The molecule has 0 unspecified atom stereocenters. The third-order valence-corrected chi connectivity index (χ3v) is 4.61. The number of hydrogen-bond acceptors (Lipinski definition) is 6. The quantitative estimate of drug-likeness (QED) is 0.437. The zero-order chi connectivity index (χ0) is 22.0. The lowest BCUT2D eigenvalue weighted by Gasteiger charge is -2.23. The Balaban J connectivity index is 1.89. The number of rotatable bonds is 4. The largest absolute Gasteiger partial charge is 0.459 e. The van der Waals surface area contributed by atoms with E-state index in [0.717, 1.165) is 10.5 Å². The van der Waals surface area contributed by atoms with Gasteiger partial charge in [-0.15, -0.1) is 0 Å². The van der Waals surface area contributed by atoms with E-state index in [-0.39, 0.29) is 17.3 Å². The van der Waals surface area contributed by atoms with Crippen molar-refractivity contribution in [3.05, 3.63) is 64.4 Å². The summed E-state index contributed by atoms with van der Waals surface area (Å²) in [5.74, 6) is -0.571. The van der Waals surface area contributed by atoms with Crippen molar-refractivity contribution in [2.45, 2.75) is 26.9 Å². The molecule has 2 heterocycles. The van der Waals surface area contributed by atoms with Gasteiger partial charge in [0.2, 0.25) is 0 Å². The normalized spacial score (nSPS) is 15.7. The molecule has 0 atom stereocenters. The summed E-state index contributed by atoms with van der Waals surface area (Å²) in [7, 11) is 1.34. The van der Waals surface area contributed by atoms with E-state index in [1.54, 1.807) is 57.2 Å². The van der Waals surface area contributed by atoms with Crippen LogP contribution < -0.4 is 0 Å². The summed E-state index contributed by atoms with van der Waals surface area (Å²) in [5, 5.41) is 9.23. The van der Waals surface area contributed by atoms with Gasteiger partial charge in [-0.05, 0) is 56.7 Å². The van der Waals surface area contributed by atoms with Crippen molar-refractivity contribution < 1.29 is 23.5 Å². The molecule has 0 N–H and O–H groups in total. The summed E-state index contributed by atoms with van der Waals surface area (Å²) >= 11 is 0. The summed E-state index contributed by atoms with van der Waals surface area (Å²) in [6.07, 6.45) is 1.31. The molecule has 0 saturated carbocycles. The molecule has 30 heavy (non-hydrogen) atoms. The Hall–Kier alpha value is -3.92. The molecule has 0 fully saturated rings. The lowest BCUT2D eigenvalue weighted by molar-refractivity contribution is -0.138. The molecular weight excluding hydrogens is 384 g/mol. The van der Waals surface area contributed by atoms with Crippen LogP contribution in [0.4, 0.5) is 0 Å². The fraction of sp³-hybridized carbons (Fsp3) is 0.217. The van der Waals surface area contributed by atoms with Gasteiger partial charge in [-0.1, -0.05) is 12.1 Å². The van der Waals surface area contributed by atoms with Gasteiger partial charge in [0, 0.05) is 18.2 Å². The Morgan fingerprint density at radius 2 is 1.80 bits per heavy atom. The Morgan fingerprint density at radius 3 is 2.40 bits per heavy atom. The minimum Gasteiger partial charge on any atom is -0.459 e. The van der Waals surface area contributed by atoms with Gasteiger partial charge in [0.15, 0.2) is 0 Å². The fourth-order valence-corrected chi connectivity index (χ4v) is 2.98. The van der Waals surface area contributed by atoms with Gasteiger partial charge in [-0.2, -0.15) is 5.26 Å². The van der Waals surface area contributed by atoms with Crippen molar-refractivity contribution in [1.29, 1.82) is 5.26 Å². The molecule has 1 aliphatic rings. The summed E-state index contributed by atoms with van der Waals surface area (Å²) in [6, 6.07) is 12.1. The number of esters is 1. The maximum atomic E-state index is 12.5. The van der Waals surface area contributed by atoms with Crippen molar-refractivity contribution >= 4 is 23.9 Å². The Bertz CT molecular complexity index is 1130.